The smallest absolute Gasteiger partial charge is 0.871 e. The Kier molecular flexibility index (Phi) is 7.62. The van der Waals surface area contributed by atoms with Gasteiger partial charge >= 0.3 is 19.5 Å². The molecule has 0 aliphatic carbocycles. The summed E-state index contributed by atoms with van der Waals surface area (Å²) in [5.41, 5.74) is 2.90. The number of aromatic nitrogens is 2. The van der Waals surface area contributed by atoms with Gasteiger partial charge in [-0.15, -0.1) is 0 Å². The van der Waals surface area contributed by atoms with Crippen molar-refractivity contribution in [1.82, 2.24) is 9.97 Å². The summed E-state index contributed by atoms with van der Waals surface area (Å²) in [4.78, 5) is 8.33. The summed E-state index contributed by atoms with van der Waals surface area (Å²) in [6, 6.07) is 18.0. The van der Waals surface area contributed by atoms with E-state index in [-0.39, 0.29) is 36.5 Å². The van der Waals surface area contributed by atoms with E-state index in [1.54, 1.807) is 12.1 Å². The molecule has 0 saturated carbocycles. The van der Waals surface area contributed by atoms with E-state index in [2.05, 4.69) is 9.97 Å². The van der Waals surface area contributed by atoms with Crippen molar-refractivity contribution in [1.29, 1.82) is 0 Å². The van der Waals surface area contributed by atoms with Gasteiger partial charge in [-0.3, -0.25) is 9.97 Å². The predicted octanol–water partition coefficient (Wildman–Crippen LogP) is 2.31. The molecule has 0 aliphatic heterocycles. The molecule has 2 aromatic carbocycles. The number of aryl methyl sites for hydroxylation is 2. The quantitative estimate of drug-likeness (QED) is 0.333. The van der Waals surface area contributed by atoms with E-state index < -0.39 is 0 Å². The first kappa shape index (κ1) is 21.5. The first-order valence-electron chi connectivity index (χ1n) is 7.61. The minimum absolute atomic E-state index is 0. The number of hydrogen-bond acceptors (Lipinski definition) is 4. The second kappa shape index (κ2) is 9.23. The van der Waals surface area contributed by atoms with Gasteiger partial charge < -0.3 is 15.7 Å². The van der Waals surface area contributed by atoms with Crippen molar-refractivity contribution < 1.29 is 35.2 Å². The van der Waals surface area contributed by atoms with Crippen LogP contribution in [0.1, 0.15) is 11.4 Å². The summed E-state index contributed by atoms with van der Waals surface area (Å²) in [5.74, 6) is -0.00704. The first-order valence-corrected chi connectivity index (χ1v) is 7.61. The Morgan fingerprint density at radius 2 is 1.00 bits per heavy atom. The van der Waals surface area contributed by atoms with Gasteiger partial charge in [-0.2, -0.15) is 0 Å². The number of rotatable bonds is 0. The molecule has 2 heterocycles. The molecule has 0 saturated heterocycles. The molecule has 0 amide bonds. The summed E-state index contributed by atoms with van der Waals surface area (Å²) < 4.78 is 0. The molecule has 0 spiro atoms. The minimum Gasteiger partial charge on any atom is -0.871 e. The summed E-state index contributed by atoms with van der Waals surface area (Å²) in [7, 11) is 0. The zero-order chi connectivity index (χ0) is 17.1. The Morgan fingerprint density at radius 3 is 1.38 bits per heavy atom. The molecule has 0 radical (unpaired) electrons. The Bertz CT molecular complexity index is 939. The number of fused-ring (bicyclic) bond motifs is 2. The van der Waals surface area contributed by atoms with Crippen molar-refractivity contribution in [3.8, 4) is 11.5 Å². The van der Waals surface area contributed by atoms with Crippen LogP contribution in [0.4, 0.5) is 0 Å². The van der Waals surface area contributed by atoms with E-state index in [0.29, 0.717) is 11.0 Å². The van der Waals surface area contributed by atoms with Crippen LogP contribution in [-0.2, 0) is 25.0 Å². The third-order valence-electron chi connectivity index (χ3n) is 3.64. The first-order chi connectivity index (χ1) is 11.5. The van der Waals surface area contributed by atoms with E-state index in [9.17, 15) is 10.2 Å². The number of hydrogen-bond donors (Lipinski definition) is 0. The molecule has 0 fully saturated rings. The molecule has 0 aliphatic rings. The molecule has 6 heteroatoms. The summed E-state index contributed by atoms with van der Waals surface area (Å²) >= 11 is 0. The molecule has 128 valence electrons. The zero-order valence-electron chi connectivity index (χ0n) is 14.8. The molecular formula is C20H19N2O3Zn+. The average Bonchev–Trinajstić information content (AvgIpc) is 2.57. The summed E-state index contributed by atoms with van der Waals surface area (Å²) in [6.07, 6.45) is 0. The van der Waals surface area contributed by atoms with Crippen LogP contribution in [0.25, 0.3) is 21.8 Å². The normalized spacial score (nSPS) is 9.62. The molecule has 4 rings (SSSR count). The van der Waals surface area contributed by atoms with E-state index in [1.807, 2.05) is 50.2 Å². The molecule has 2 aromatic heterocycles. The standard InChI is InChI=1S/2C10H9NO.H2O.Zn/c2*1-7-5-6-8-3-2-4-9(12)10(8)11-7;;/h2*2-6,12H,1H3;1H2;/q;;;+2/p-1. The summed E-state index contributed by atoms with van der Waals surface area (Å²) in [5, 5.41) is 24.4. The van der Waals surface area contributed by atoms with Crippen LogP contribution in [0.2, 0.25) is 0 Å². The summed E-state index contributed by atoms with van der Waals surface area (Å²) in [6.45, 7) is 3.76. The monoisotopic (exact) mass is 399 g/mol. The maximum Gasteiger partial charge on any atom is 2.00 e. The molecule has 26 heavy (non-hydrogen) atoms. The Balaban J connectivity index is 0.000000241. The maximum absolute atomic E-state index is 11.3. The van der Waals surface area contributed by atoms with Crippen molar-refractivity contribution in [3.05, 3.63) is 72.1 Å². The van der Waals surface area contributed by atoms with Gasteiger partial charge in [-0.1, -0.05) is 60.0 Å². The molecule has 0 bridgehead atoms. The fourth-order valence-electron chi connectivity index (χ4n) is 2.43. The van der Waals surface area contributed by atoms with Crippen molar-refractivity contribution in [2.45, 2.75) is 13.8 Å². The number of pyridine rings is 2. The molecule has 3 N–H and O–H groups in total. The number of nitrogens with zero attached hydrogens (tertiary/aromatic N) is 2. The van der Waals surface area contributed by atoms with Crippen LogP contribution in [-0.4, -0.2) is 9.97 Å². The maximum atomic E-state index is 11.3. The second-order valence-electron chi connectivity index (χ2n) is 5.56. The van der Waals surface area contributed by atoms with Crippen LogP contribution in [0.3, 0.4) is 0 Å². The van der Waals surface area contributed by atoms with Gasteiger partial charge in [0.05, 0.1) is 11.0 Å². The van der Waals surface area contributed by atoms with Crippen molar-refractivity contribution in [2.75, 3.05) is 0 Å². The van der Waals surface area contributed by atoms with Crippen molar-refractivity contribution in [3.63, 3.8) is 0 Å². The van der Waals surface area contributed by atoms with Gasteiger partial charge in [-0.25, -0.2) is 0 Å². The van der Waals surface area contributed by atoms with Crippen LogP contribution >= 0.6 is 0 Å². The largest absolute Gasteiger partial charge is 2.00 e. The Labute approximate surface area is 164 Å². The fraction of sp³-hybridized carbons (Fsp3) is 0.100. The van der Waals surface area contributed by atoms with Gasteiger partial charge in [0.25, 0.3) is 0 Å². The topological polar surface area (TPSA) is 105 Å². The van der Waals surface area contributed by atoms with Gasteiger partial charge in [0.2, 0.25) is 0 Å². The van der Waals surface area contributed by atoms with E-state index in [0.717, 1.165) is 22.2 Å². The van der Waals surface area contributed by atoms with Crippen LogP contribution < -0.4 is 10.2 Å². The minimum atomic E-state index is -0.00352. The predicted molar refractivity (Wildman–Crippen MR) is 96.7 cm³/mol. The average molecular weight is 401 g/mol. The van der Waals surface area contributed by atoms with Crippen molar-refractivity contribution in [2.24, 2.45) is 0 Å². The molecular weight excluding hydrogens is 382 g/mol. The van der Waals surface area contributed by atoms with Crippen LogP contribution in [0, 0.1) is 13.8 Å². The molecule has 4 aromatic rings. The van der Waals surface area contributed by atoms with E-state index in [1.165, 1.54) is 12.1 Å². The second-order valence-corrected chi connectivity index (χ2v) is 5.56. The van der Waals surface area contributed by atoms with Gasteiger partial charge in [-0.05, 0) is 36.8 Å². The van der Waals surface area contributed by atoms with E-state index in [4.69, 9.17) is 0 Å². The third kappa shape index (κ3) is 4.75. The van der Waals surface area contributed by atoms with Gasteiger partial charge in [0, 0.05) is 11.4 Å². The number of benzene rings is 2. The van der Waals surface area contributed by atoms with Crippen LogP contribution in [0.5, 0.6) is 11.5 Å². The molecule has 0 unspecified atom stereocenters. The molecule has 5 nitrogen and oxygen atoms in total. The molecule has 0 atom stereocenters. The van der Waals surface area contributed by atoms with Gasteiger partial charge in [0.1, 0.15) is 0 Å². The fourth-order valence-corrected chi connectivity index (χ4v) is 2.43. The zero-order valence-corrected chi connectivity index (χ0v) is 17.7. The third-order valence-corrected chi connectivity index (χ3v) is 3.64. The Hall–Kier alpha value is -2.56. The Morgan fingerprint density at radius 1 is 0.615 bits per heavy atom. The number of para-hydroxylation sites is 2. The van der Waals surface area contributed by atoms with E-state index >= 15 is 0 Å². The van der Waals surface area contributed by atoms with Gasteiger partial charge in [0.15, 0.2) is 0 Å². The SMILES string of the molecule is Cc1ccc2cccc([O-])c2n1.Cc1ccc2cccc([O-])c2n1.[OH3+].[Zn+2]. The van der Waals surface area contributed by atoms with Crippen LogP contribution in [0.15, 0.2) is 60.7 Å². The van der Waals surface area contributed by atoms with Crippen molar-refractivity contribution >= 4 is 21.8 Å².